The lowest BCUT2D eigenvalue weighted by Gasteiger charge is -2.32. The van der Waals surface area contributed by atoms with Crippen molar-refractivity contribution in [3.8, 4) is 0 Å². The molecule has 0 saturated heterocycles. The maximum Gasteiger partial charge on any atom is 0.153 e. The van der Waals surface area contributed by atoms with Crippen LogP contribution in [0.15, 0.2) is 58.8 Å². The Labute approximate surface area is 150 Å². The summed E-state index contributed by atoms with van der Waals surface area (Å²) in [5.41, 5.74) is 16.5. The van der Waals surface area contributed by atoms with Gasteiger partial charge in [-0.25, -0.2) is 0 Å². The van der Waals surface area contributed by atoms with Gasteiger partial charge in [-0.3, -0.25) is 0 Å². The predicted octanol–water partition coefficient (Wildman–Crippen LogP) is 5.13. The highest BCUT2D eigenvalue weighted by Gasteiger charge is 2.39. The minimum absolute atomic E-state index is 0.396. The van der Waals surface area contributed by atoms with E-state index in [1.165, 1.54) is 0 Å². The fraction of sp³-hybridized carbons (Fsp3) is 0.143. The van der Waals surface area contributed by atoms with Crippen LogP contribution in [0, 0.1) is 3.57 Å². The number of rotatable bonds is 5. The van der Waals surface area contributed by atoms with Crippen molar-refractivity contribution in [2.45, 2.75) is 11.8 Å². The van der Waals surface area contributed by atoms with Crippen molar-refractivity contribution in [1.82, 2.24) is 0 Å². The summed E-state index contributed by atoms with van der Waals surface area (Å²) in [6, 6.07) is 13.3. The van der Waals surface area contributed by atoms with Gasteiger partial charge in [0.05, 0.1) is 0 Å². The molecule has 23 heavy (non-hydrogen) atoms. The molecule has 0 aliphatic rings. The SMILES string of the molecule is [N-]=[N+]=NC(N=[N+]=[N-])C(O)(c1ccc(Cl)cc1)c1ccc(I)cc1. The zero-order chi connectivity index (χ0) is 16.9. The van der Waals surface area contributed by atoms with E-state index in [1.807, 2.05) is 0 Å². The van der Waals surface area contributed by atoms with Crippen molar-refractivity contribution in [3.63, 3.8) is 0 Å². The van der Waals surface area contributed by atoms with Gasteiger partial charge in [0.1, 0.15) is 5.60 Å². The highest BCUT2D eigenvalue weighted by molar-refractivity contribution is 14.1. The minimum Gasteiger partial charge on any atom is -0.380 e. The van der Waals surface area contributed by atoms with E-state index in [0.29, 0.717) is 16.1 Å². The van der Waals surface area contributed by atoms with Gasteiger partial charge in [0.15, 0.2) is 6.17 Å². The maximum atomic E-state index is 11.3. The van der Waals surface area contributed by atoms with Gasteiger partial charge < -0.3 is 5.11 Å². The first-order valence-corrected chi connectivity index (χ1v) is 7.81. The number of hydrogen-bond donors (Lipinski definition) is 1. The smallest absolute Gasteiger partial charge is 0.153 e. The molecule has 0 amide bonds. The predicted molar refractivity (Wildman–Crippen MR) is 95.7 cm³/mol. The van der Waals surface area contributed by atoms with Crippen LogP contribution in [0.5, 0.6) is 0 Å². The molecular formula is C14H10ClIN6O. The van der Waals surface area contributed by atoms with Crippen LogP contribution in [0.25, 0.3) is 20.9 Å². The van der Waals surface area contributed by atoms with Gasteiger partial charge in [0, 0.05) is 18.4 Å². The first kappa shape index (κ1) is 17.4. The Morgan fingerprint density at radius 2 is 1.39 bits per heavy atom. The number of nitrogens with zero attached hydrogens (tertiary/aromatic N) is 6. The Balaban J connectivity index is 2.71. The number of hydrogen-bond acceptors (Lipinski definition) is 3. The standard InChI is InChI=1S/C14H10ClIN6O/c15-11-5-1-9(2-6-11)14(23,13(19-21-17)20-22-18)10-3-7-12(16)8-4-10/h1-8,13,23H. The van der Waals surface area contributed by atoms with Crippen molar-refractivity contribution in [3.05, 3.63) is 89.1 Å². The molecule has 0 spiro atoms. The van der Waals surface area contributed by atoms with Crippen molar-refractivity contribution in [2.24, 2.45) is 10.2 Å². The fourth-order valence-electron chi connectivity index (χ4n) is 2.16. The summed E-state index contributed by atoms with van der Waals surface area (Å²) in [6.07, 6.45) is -1.39. The van der Waals surface area contributed by atoms with Crippen molar-refractivity contribution in [1.29, 1.82) is 0 Å². The van der Waals surface area contributed by atoms with E-state index >= 15 is 0 Å². The summed E-state index contributed by atoms with van der Waals surface area (Å²) >= 11 is 8.02. The number of azide groups is 1. The highest BCUT2D eigenvalue weighted by Crippen LogP contribution is 2.36. The van der Waals surface area contributed by atoms with Crippen LogP contribution in [0.1, 0.15) is 11.1 Å². The van der Waals surface area contributed by atoms with E-state index in [2.05, 4.69) is 42.6 Å². The average molecular weight is 441 g/mol. The lowest BCUT2D eigenvalue weighted by molar-refractivity contribution is 0.0541. The zero-order valence-corrected chi connectivity index (χ0v) is 14.5. The van der Waals surface area contributed by atoms with Crippen LogP contribution in [0.4, 0.5) is 0 Å². The summed E-state index contributed by atoms with van der Waals surface area (Å²) in [6.45, 7) is 0. The second-order valence-corrected chi connectivity index (χ2v) is 6.25. The number of halogens is 2. The molecule has 0 aromatic heterocycles. The van der Waals surface area contributed by atoms with Gasteiger partial charge >= 0.3 is 0 Å². The lowest BCUT2D eigenvalue weighted by atomic mass is 9.84. The topological polar surface area (TPSA) is 118 Å². The number of benzene rings is 2. The molecule has 1 atom stereocenters. The molecule has 1 N–H and O–H groups in total. The van der Waals surface area contributed by atoms with Crippen molar-refractivity contribution >= 4 is 34.2 Å². The normalized spacial score (nSPS) is 14.0. The fourth-order valence-corrected chi connectivity index (χ4v) is 2.65. The van der Waals surface area contributed by atoms with E-state index in [4.69, 9.17) is 22.7 Å². The van der Waals surface area contributed by atoms with Crippen LogP contribution in [-0.2, 0) is 5.60 Å². The first-order chi connectivity index (χ1) is 11.0. The van der Waals surface area contributed by atoms with E-state index in [0.717, 1.165) is 3.57 Å². The van der Waals surface area contributed by atoms with E-state index in [9.17, 15) is 5.11 Å². The minimum atomic E-state index is -1.81. The zero-order valence-electron chi connectivity index (χ0n) is 11.6. The molecule has 2 aromatic rings. The van der Waals surface area contributed by atoms with Crippen LogP contribution in [0.2, 0.25) is 5.02 Å². The molecule has 7 nitrogen and oxygen atoms in total. The molecule has 9 heteroatoms. The van der Waals surface area contributed by atoms with Gasteiger partial charge in [-0.15, -0.1) is 0 Å². The molecule has 0 radical (unpaired) electrons. The second-order valence-electron chi connectivity index (χ2n) is 4.56. The molecular weight excluding hydrogens is 431 g/mol. The van der Waals surface area contributed by atoms with Crippen LogP contribution < -0.4 is 0 Å². The second kappa shape index (κ2) is 7.54. The molecule has 2 aromatic carbocycles. The summed E-state index contributed by atoms with van der Waals surface area (Å²) in [7, 11) is 0. The molecule has 2 rings (SSSR count). The van der Waals surface area contributed by atoms with E-state index in [1.54, 1.807) is 48.5 Å². The first-order valence-electron chi connectivity index (χ1n) is 6.35. The summed E-state index contributed by atoms with van der Waals surface area (Å²) in [5.74, 6) is 0. The monoisotopic (exact) mass is 440 g/mol. The van der Waals surface area contributed by atoms with Crippen LogP contribution in [0.3, 0.4) is 0 Å². The van der Waals surface area contributed by atoms with Gasteiger partial charge in [-0.1, -0.05) is 46.1 Å². The van der Waals surface area contributed by atoms with Crippen molar-refractivity contribution in [2.75, 3.05) is 0 Å². The molecule has 0 heterocycles. The molecule has 0 aliphatic heterocycles. The average Bonchev–Trinajstić information content (AvgIpc) is 2.55. The molecule has 116 valence electrons. The lowest BCUT2D eigenvalue weighted by Crippen LogP contribution is -2.38. The molecule has 0 fully saturated rings. The Morgan fingerprint density at radius 1 is 0.957 bits per heavy atom. The summed E-state index contributed by atoms with van der Waals surface area (Å²) < 4.78 is 0.967. The third kappa shape index (κ3) is 3.69. The molecule has 0 aliphatic carbocycles. The largest absolute Gasteiger partial charge is 0.380 e. The van der Waals surface area contributed by atoms with Gasteiger partial charge in [-0.05, 0) is 69.0 Å². The summed E-state index contributed by atoms with van der Waals surface area (Å²) in [4.78, 5) is 5.36. The van der Waals surface area contributed by atoms with Crippen LogP contribution in [-0.4, -0.2) is 11.3 Å². The Hall–Kier alpha value is -1.96. The summed E-state index contributed by atoms with van der Waals surface area (Å²) in [5, 5.41) is 18.7. The third-order valence-corrected chi connectivity index (χ3v) is 4.24. The Morgan fingerprint density at radius 3 is 1.83 bits per heavy atom. The Kier molecular flexibility index (Phi) is 5.70. The maximum absolute atomic E-state index is 11.3. The Bertz CT molecular complexity index is 718. The van der Waals surface area contributed by atoms with Crippen molar-refractivity contribution < 1.29 is 5.11 Å². The van der Waals surface area contributed by atoms with Crippen LogP contribution >= 0.6 is 34.2 Å². The highest BCUT2D eigenvalue weighted by atomic mass is 127. The van der Waals surface area contributed by atoms with E-state index < -0.39 is 11.8 Å². The van der Waals surface area contributed by atoms with Gasteiger partial charge in [-0.2, -0.15) is 0 Å². The number of aliphatic hydroxyl groups is 1. The van der Waals surface area contributed by atoms with E-state index in [-0.39, 0.29) is 0 Å². The quantitative estimate of drug-likeness (QED) is 0.295. The third-order valence-electron chi connectivity index (χ3n) is 3.26. The molecule has 1 unspecified atom stereocenters. The van der Waals surface area contributed by atoms with Gasteiger partial charge in [0.25, 0.3) is 0 Å². The molecule has 0 saturated carbocycles. The van der Waals surface area contributed by atoms with Gasteiger partial charge in [0.2, 0.25) is 0 Å². The molecule has 0 bridgehead atoms.